The minimum atomic E-state index is -5.55. The molecule has 5 nitrogen and oxygen atoms in total. The molecule has 2 amide bonds. The van der Waals surface area contributed by atoms with Gasteiger partial charge in [-0.15, -0.1) is 0 Å². The molecule has 3 rings (SSSR count). The lowest BCUT2D eigenvalue weighted by Crippen LogP contribution is -2.53. The molecule has 1 aromatic carbocycles. The average molecular weight is 424 g/mol. The summed E-state index contributed by atoms with van der Waals surface area (Å²) >= 11 is 0. The Bertz CT molecular complexity index is 794. The van der Waals surface area contributed by atoms with Gasteiger partial charge in [0.1, 0.15) is 11.8 Å². The second-order valence-electron chi connectivity index (χ2n) is 7.26. The number of hydrogen-bond donors (Lipinski definition) is 1. The van der Waals surface area contributed by atoms with Crippen LogP contribution < -0.4 is 0 Å². The van der Waals surface area contributed by atoms with E-state index >= 15 is 0 Å². The number of hydrogen-bond acceptors (Lipinski definition) is 3. The minimum Gasteiger partial charge on any atom is -0.507 e. The Kier molecular flexibility index (Phi) is 5.20. The monoisotopic (exact) mass is 424 g/mol. The molecule has 2 aliphatic heterocycles. The number of benzene rings is 1. The summed E-state index contributed by atoms with van der Waals surface area (Å²) in [6.07, 6.45) is -11.9. The summed E-state index contributed by atoms with van der Waals surface area (Å²) < 4.78 is 79.5. The summed E-state index contributed by atoms with van der Waals surface area (Å²) in [5, 5.41) is 9.83. The number of alkyl halides is 6. The SMILES string of the molecule is O=C([C@H]1CCCN1C(=O)c1ccccc1O)N1CCC(C(F)(F)F)(C(F)(F)F)C1. The fourth-order valence-electron chi connectivity index (χ4n) is 3.91. The normalized spacial score (nSPS) is 22.2. The molecule has 1 N–H and O–H groups in total. The summed E-state index contributed by atoms with van der Waals surface area (Å²) in [6.45, 7) is -2.11. The van der Waals surface area contributed by atoms with Crippen LogP contribution in [0.5, 0.6) is 5.75 Å². The van der Waals surface area contributed by atoms with Crippen molar-refractivity contribution in [1.29, 1.82) is 0 Å². The van der Waals surface area contributed by atoms with Crippen molar-refractivity contribution in [3.63, 3.8) is 0 Å². The van der Waals surface area contributed by atoms with Gasteiger partial charge in [0.25, 0.3) is 5.91 Å². The third-order valence-corrected chi connectivity index (χ3v) is 5.60. The standard InChI is InChI=1S/C18H18F6N2O3/c19-17(20,21)16(18(22,23)24)7-9-25(10-16)15(29)12-5-3-8-26(12)14(28)11-4-1-2-6-13(11)27/h1-2,4,6,12,27H,3,5,7-10H2/t12-/m1/s1. The zero-order valence-corrected chi connectivity index (χ0v) is 15.1. The quantitative estimate of drug-likeness (QED) is 0.741. The van der Waals surface area contributed by atoms with E-state index in [-0.39, 0.29) is 24.3 Å². The number of nitrogens with zero attached hydrogens (tertiary/aromatic N) is 2. The van der Waals surface area contributed by atoms with Crippen molar-refractivity contribution in [3.05, 3.63) is 29.8 Å². The largest absolute Gasteiger partial charge is 0.507 e. The van der Waals surface area contributed by atoms with Crippen LogP contribution in [0.4, 0.5) is 26.3 Å². The van der Waals surface area contributed by atoms with Crippen LogP contribution in [0.1, 0.15) is 29.6 Å². The second-order valence-corrected chi connectivity index (χ2v) is 7.26. The first-order chi connectivity index (χ1) is 13.4. The molecule has 0 saturated carbocycles. The summed E-state index contributed by atoms with van der Waals surface area (Å²) in [6, 6.07) is 4.39. The van der Waals surface area contributed by atoms with Gasteiger partial charge in [0.2, 0.25) is 5.91 Å². The molecule has 160 valence electrons. The lowest BCUT2D eigenvalue weighted by molar-refractivity contribution is -0.334. The Morgan fingerprint density at radius 2 is 1.66 bits per heavy atom. The van der Waals surface area contributed by atoms with E-state index < -0.39 is 55.1 Å². The zero-order valence-electron chi connectivity index (χ0n) is 15.1. The van der Waals surface area contributed by atoms with Gasteiger partial charge >= 0.3 is 12.4 Å². The number of amides is 2. The molecule has 2 aliphatic rings. The Hall–Kier alpha value is -2.46. The fraction of sp³-hybridized carbons (Fsp3) is 0.556. The van der Waals surface area contributed by atoms with Crippen molar-refractivity contribution in [2.75, 3.05) is 19.6 Å². The highest BCUT2D eigenvalue weighted by Crippen LogP contribution is 2.55. The lowest BCUT2D eigenvalue weighted by Gasteiger charge is -2.34. The van der Waals surface area contributed by atoms with E-state index in [0.717, 1.165) is 4.90 Å². The van der Waals surface area contributed by atoms with Crippen LogP contribution in [0.25, 0.3) is 0 Å². The number of para-hydroxylation sites is 1. The van der Waals surface area contributed by atoms with Crippen LogP contribution in [0, 0.1) is 5.41 Å². The molecule has 0 aliphatic carbocycles. The Balaban J connectivity index is 1.82. The molecule has 2 saturated heterocycles. The van der Waals surface area contributed by atoms with Gasteiger partial charge in [0, 0.05) is 19.6 Å². The predicted molar refractivity (Wildman–Crippen MR) is 87.9 cm³/mol. The number of halogens is 6. The van der Waals surface area contributed by atoms with E-state index in [9.17, 15) is 41.0 Å². The highest BCUT2D eigenvalue weighted by molar-refractivity contribution is 6.00. The molecule has 2 heterocycles. The summed E-state index contributed by atoms with van der Waals surface area (Å²) in [5.74, 6) is -1.97. The molecule has 2 fully saturated rings. The Morgan fingerprint density at radius 1 is 1.03 bits per heavy atom. The highest BCUT2D eigenvalue weighted by atomic mass is 19.4. The Morgan fingerprint density at radius 3 is 2.21 bits per heavy atom. The second kappa shape index (κ2) is 7.10. The number of aromatic hydroxyl groups is 1. The molecule has 0 radical (unpaired) electrons. The van der Waals surface area contributed by atoms with Crippen molar-refractivity contribution < 1.29 is 41.0 Å². The van der Waals surface area contributed by atoms with Gasteiger partial charge in [-0.1, -0.05) is 12.1 Å². The highest BCUT2D eigenvalue weighted by Gasteiger charge is 2.73. The van der Waals surface area contributed by atoms with Crippen LogP contribution in [-0.2, 0) is 4.79 Å². The Labute approximate surface area is 161 Å². The molecule has 0 spiro atoms. The molecular formula is C18H18F6N2O3. The molecule has 11 heteroatoms. The van der Waals surface area contributed by atoms with Gasteiger partial charge in [-0.25, -0.2) is 0 Å². The van der Waals surface area contributed by atoms with E-state index in [1.165, 1.54) is 24.3 Å². The molecule has 1 aromatic rings. The minimum absolute atomic E-state index is 0.0893. The number of phenolic OH excluding ortho intramolecular Hbond substituents is 1. The third kappa shape index (κ3) is 3.51. The van der Waals surface area contributed by atoms with Crippen LogP contribution in [0.2, 0.25) is 0 Å². The zero-order chi connectivity index (χ0) is 21.6. The molecule has 1 atom stereocenters. The van der Waals surface area contributed by atoms with Crippen molar-refractivity contribution in [2.45, 2.75) is 37.7 Å². The predicted octanol–water partition coefficient (Wildman–Crippen LogP) is 3.34. The van der Waals surface area contributed by atoms with Crippen molar-refractivity contribution >= 4 is 11.8 Å². The van der Waals surface area contributed by atoms with Crippen LogP contribution >= 0.6 is 0 Å². The molecule has 0 aromatic heterocycles. The van der Waals surface area contributed by atoms with E-state index in [4.69, 9.17) is 0 Å². The third-order valence-electron chi connectivity index (χ3n) is 5.60. The number of phenols is 1. The first kappa shape index (κ1) is 21.3. The summed E-state index contributed by atoms with van der Waals surface area (Å²) in [4.78, 5) is 27.1. The number of carbonyl (C=O) groups excluding carboxylic acids is 2. The van der Waals surface area contributed by atoms with Gasteiger partial charge in [0.15, 0.2) is 5.41 Å². The first-order valence-corrected chi connectivity index (χ1v) is 8.90. The molecular weight excluding hydrogens is 406 g/mol. The molecule has 29 heavy (non-hydrogen) atoms. The molecule has 0 unspecified atom stereocenters. The van der Waals surface area contributed by atoms with E-state index in [2.05, 4.69) is 0 Å². The lowest BCUT2D eigenvalue weighted by atomic mass is 9.85. The van der Waals surface area contributed by atoms with Crippen molar-refractivity contribution in [2.24, 2.45) is 5.41 Å². The first-order valence-electron chi connectivity index (χ1n) is 8.90. The smallest absolute Gasteiger partial charge is 0.404 e. The van der Waals surface area contributed by atoms with Crippen LogP contribution in [0.15, 0.2) is 24.3 Å². The fourth-order valence-corrected chi connectivity index (χ4v) is 3.91. The van der Waals surface area contributed by atoms with Gasteiger partial charge in [-0.2, -0.15) is 26.3 Å². The van der Waals surface area contributed by atoms with Gasteiger partial charge < -0.3 is 14.9 Å². The maximum Gasteiger partial charge on any atom is 0.404 e. The van der Waals surface area contributed by atoms with Crippen LogP contribution in [-0.4, -0.2) is 64.7 Å². The molecule has 0 bridgehead atoms. The average Bonchev–Trinajstić information content (AvgIpc) is 3.28. The van der Waals surface area contributed by atoms with Crippen LogP contribution in [0.3, 0.4) is 0 Å². The van der Waals surface area contributed by atoms with E-state index in [1.54, 1.807) is 0 Å². The number of carbonyl (C=O) groups is 2. The number of rotatable bonds is 2. The summed E-state index contributed by atoms with van der Waals surface area (Å²) in [5.41, 5.74) is -4.06. The summed E-state index contributed by atoms with van der Waals surface area (Å²) in [7, 11) is 0. The van der Waals surface area contributed by atoms with Gasteiger partial charge in [0.05, 0.1) is 5.56 Å². The topological polar surface area (TPSA) is 60.9 Å². The van der Waals surface area contributed by atoms with E-state index in [1.807, 2.05) is 0 Å². The maximum absolute atomic E-state index is 13.2. The maximum atomic E-state index is 13.2. The van der Waals surface area contributed by atoms with Gasteiger partial charge in [-0.3, -0.25) is 9.59 Å². The number of likely N-dealkylation sites (tertiary alicyclic amines) is 2. The van der Waals surface area contributed by atoms with Crippen molar-refractivity contribution in [3.8, 4) is 5.75 Å². The van der Waals surface area contributed by atoms with Crippen molar-refractivity contribution in [1.82, 2.24) is 9.80 Å². The van der Waals surface area contributed by atoms with Gasteiger partial charge in [-0.05, 0) is 31.4 Å². The van der Waals surface area contributed by atoms with E-state index in [0.29, 0.717) is 11.3 Å².